The Kier molecular flexibility index (Phi) is 12.8. The van der Waals surface area contributed by atoms with E-state index in [1.807, 2.05) is 57.2 Å². The van der Waals surface area contributed by atoms with Crippen molar-refractivity contribution in [2.24, 2.45) is 4.99 Å². The first kappa shape index (κ1) is 28.2. The van der Waals surface area contributed by atoms with E-state index in [9.17, 15) is 0 Å². The maximum atomic E-state index is 6.07. The molecule has 0 atom stereocenters. The van der Waals surface area contributed by atoms with Crippen LogP contribution in [0.25, 0.3) is 0 Å². The van der Waals surface area contributed by atoms with Crippen LogP contribution in [0.2, 0.25) is 0 Å². The molecule has 0 aliphatic heterocycles. The Bertz CT molecular complexity index is 1080. The molecule has 188 valence electrons. The molecule has 2 aromatic heterocycles. The van der Waals surface area contributed by atoms with Gasteiger partial charge in [0.05, 0.1) is 6.54 Å². The van der Waals surface area contributed by atoms with Gasteiger partial charge >= 0.3 is 0 Å². The highest BCUT2D eigenvalue weighted by molar-refractivity contribution is 9.10. The molecule has 0 saturated heterocycles. The van der Waals surface area contributed by atoms with Crippen molar-refractivity contribution in [3.8, 4) is 5.75 Å². The van der Waals surface area contributed by atoms with Crippen molar-refractivity contribution in [2.75, 3.05) is 11.9 Å². The number of hydrogen-bond acceptors (Lipinski definition) is 6. The molecule has 0 radical (unpaired) electrons. The quantitative estimate of drug-likeness (QED) is 0.155. The number of hydrogen-bond donors (Lipinski definition) is 1. The van der Waals surface area contributed by atoms with Gasteiger partial charge in [-0.3, -0.25) is 4.99 Å². The SMILES string of the molecule is C/C=C(/CCc1nnc(C)o1)CN=C(CCC)Nc1ncc(Br)cc1OCc1ccccc1.CC. The monoisotopic (exact) mass is 541 g/mol. The van der Waals surface area contributed by atoms with E-state index in [1.54, 1.807) is 13.1 Å². The van der Waals surface area contributed by atoms with E-state index in [2.05, 4.69) is 49.4 Å². The minimum Gasteiger partial charge on any atom is -0.485 e. The first-order valence-corrected chi connectivity index (χ1v) is 12.9. The number of pyridine rings is 1. The van der Waals surface area contributed by atoms with Crippen LogP contribution in [0.3, 0.4) is 0 Å². The van der Waals surface area contributed by atoms with Gasteiger partial charge in [0.25, 0.3) is 0 Å². The highest BCUT2D eigenvalue weighted by Gasteiger charge is 2.11. The van der Waals surface area contributed by atoms with Gasteiger partial charge in [0.1, 0.15) is 12.4 Å². The molecule has 0 spiro atoms. The lowest BCUT2D eigenvalue weighted by molar-refractivity contribution is 0.306. The van der Waals surface area contributed by atoms with Crippen LogP contribution >= 0.6 is 15.9 Å². The summed E-state index contributed by atoms with van der Waals surface area (Å²) in [6.07, 6.45) is 7.17. The van der Waals surface area contributed by atoms with E-state index in [0.717, 1.165) is 35.1 Å². The van der Waals surface area contributed by atoms with Crippen molar-refractivity contribution in [3.63, 3.8) is 0 Å². The highest BCUT2D eigenvalue weighted by Crippen LogP contribution is 2.27. The number of nitrogens with one attached hydrogen (secondary N) is 1. The van der Waals surface area contributed by atoms with Gasteiger partial charge in [0.2, 0.25) is 11.8 Å². The zero-order valence-electron chi connectivity index (χ0n) is 21.3. The third-order valence-electron chi connectivity index (χ3n) is 4.92. The van der Waals surface area contributed by atoms with Gasteiger partial charge in [0, 0.05) is 30.4 Å². The van der Waals surface area contributed by atoms with Gasteiger partial charge in [0.15, 0.2) is 11.6 Å². The molecule has 3 aromatic rings. The van der Waals surface area contributed by atoms with Crippen molar-refractivity contribution < 1.29 is 9.15 Å². The van der Waals surface area contributed by atoms with Crippen LogP contribution in [-0.2, 0) is 13.0 Å². The molecule has 0 unspecified atom stereocenters. The Balaban J connectivity index is 0.00000210. The molecular weight excluding hydrogens is 506 g/mol. The minimum absolute atomic E-state index is 0.464. The summed E-state index contributed by atoms with van der Waals surface area (Å²) in [6.45, 7) is 11.0. The van der Waals surface area contributed by atoms with E-state index >= 15 is 0 Å². The van der Waals surface area contributed by atoms with Gasteiger partial charge in [-0.25, -0.2) is 4.98 Å². The number of halogens is 1. The van der Waals surface area contributed by atoms with Gasteiger partial charge in [-0.1, -0.05) is 62.8 Å². The summed E-state index contributed by atoms with van der Waals surface area (Å²) in [4.78, 5) is 9.37. The second-order valence-corrected chi connectivity index (χ2v) is 8.49. The first-order valence-electron chi connectivity index (χ1n) is 12.1. The van der Waals surface area contributed by atoms with Crippen LogP contribution in [0.4, 0.5) is 5.82 Å². The molecule has 35 heavy (non-hydrogen) atoms. The Morgan fingerprint density at radius 3 is 2.60 bits per heavy atom. The molecule has 0 aliphatic carbocycles. The Hall–Kier alpha value is -3.00. The molecule has 7 nitrogen and oxygen atoms in total. The fourth-order valence-electron chi connectivity index (χ4n) is 3.13. The fourth-order valence-corrected chi connectivity index (χ4v) is 3.44. The standard InChI is InChI=1S/C25H30BrN5O2.C2H6/c1-4-9-23(27-15-19(5-2)12-13-24-31-30-18(3)33-24)29-25-22(14-21(26)16-28-25)32-17-20-10-7-6-8-11-20;1-2/h5-8,10-11,14,16H,4,9,12-13,15,17H2,1-3H3,(H,27,28,29);1-2H3/b19-5-;. The average molecular weight is 543 g/mol. The number of aryl methyl sites for hydroxylation is 2. The van der Waals surface area contributed by atoms with Gasteiger partial charge in [-0.05, 0) is 47.3 Å². The van der Waals surface area contributed by atoms with E-state index in [-0.39, 0.29) is 0 Å². The number of amidine groups is 1. The van der Waals surface area contributed by atoms with Crippen LogP contribution in [0, 0.1) is 6.92 Å². The minimum atomic E-state index is 0.464. The molecule has 0 fully saturated rings. The van der Waals surface area contributed by atoms with Crippen LogP contribution < -0.4 is 10.1 Å². The number of allylic oxidation sites excluding steroid dienone is 1. The summed E-state index contributed by atoms with van der Waals surface area (Å²) in [5.74, 6) is 3.46. The number of anilines is 1. The molecule has 0 bridgehead atoms. The second-order valence-electron chi connectivity index (χ2n) is 7.57. The van der Waals surface area contributed by atoms with Crippen LogP contribution in [-0.4, -0.2) is 27.6 Å². The zero-order chi connectivity index (χ0) is 25.5. The van der Waals surface area contributed by atoms with Gasteiger partial charge in [-0.15, -0.1) is 10.2 Å². The van der Waals surface area contributed by atoms with Crippen molar-refractivity contribution >= 4 is 27.6 Å². The van der Waals surface area contributed by atoms with E-state index < -0.39 is 0 Å². The van der Waals surface area contributed by atoms with Crippen molar-refractivity contribution in [2.45, 2.75) is 66.9 Å². The predicted octanol–water partition coefficient (Wildman–Crippen LogP) is 7.33. The number of ether oxygens (including phenoxy) is 1. The molecule has 0 aliphatic rings. The summed E-state index contributed by atoms with van der Waals surface area (Å²) < 4.78 is 12.4. The fraction of sp³-hybridized carbons (Fsp3) is 0.407. The molecule has 1 aromatic carbocycles. The predicted molar refractivity (Wildman–Crippen MR) is 146 cm³/mol. The van der Waals surface area contributed by atoms with Crippen LogP contribution in [0.1, 0.15) is 64.3 Å². The van der Waals surface area contributed by atoms with E-state index in [4.69, 9.17) is 14.1 Å². The molecule has 8 heteroatoms. The number of aromatic nitrogens is 3. The summed E-state index contributed by atoms with van der Waals surface area (Å²) in [6, 6.07) is 12.0. The third kappa shape index (κ3) is 10.0. The van der Waals surface area contributed by atoms with Crippen molar-refractivity contribution in [1.29, 1.82) is 0 Å². The number of rotatable bonds is 11. The van der Waals surface area contributed by atoms with Crippen molar-refractivity contribution in [3.05, 3.63) is 76.1 Å². The average Bonchev–Trinajstić information content (AvgIpc) is 3.31. The third-order valence-corrected chi connectivity index (χ3v) is 5.35. The largest absolute Gasteiger partial charge is 0.485 e. The summed E-state index contributed by atoms with van der Waals surface area (Å²) in [5, 5.41) is 11.4. The first-order chi connectivity index (χ1) is 17.1. The normalized spacial score (nSPS) is 11.6. The topological polar surface area (TPSA) is 85.4 Å². The lowest BCUT2D eigenvalue weighted by atomic mass is 10.1. The van der Waals surface area contributed by atoms with Gasteiger partial charge in [-0.2, -0.15) is 0 Å². The molecule has 0 saturated carbocycles. The maximum absolute atomic E-state index is 6.07. The molecule has 3 rings (SSSR count). The van der Waals surface area contributed by atoms with Crippen LogP contribution in [0.15, 0.2) is 68.1 Å². The summed E-state index contributed by atoms with van der Waals surface area (Å²) >= 11 is 3.49. The molecule has 0 amide bonds. The Morgan fingerprint density at radius 2 is 1.94 bits per heavy atom. The number of benzene rings is 1. The van der Waals surface area contributed by atoms with E-state index in [1.165, 1.54) is 5.57 Å². The van der Waals surface area contributed by atoms with Gasteiger partial charge < -0.3 is 14.5 Å². The Labute approximate surface area is 217 Å². The summed E-state index contributed by atoms with van der Waals surface area (Å²) in [5.41, 5.74) is 2.31. The van der Waals surface area contributed by atoms with E-state index in [0.29, 0.717) is 42.9 Å². The molecule has 2 heterocycles. The zero-order valence-corrected chi connectivity index (χ0v) is 22.9. The lowest BCUT2D eigenvalue weighted by Crippen LogP contribution is -2.15. The Morgan fingerprint density at radius 1 is 1.17 bits per heavy atom. The number of aliphatic imine (C=N–C) groups is 1. The highest BCUT2D eigenvalue weighted by atomic mass is 79.9. The van der Waals surface area contributed by atoms with Crippen molar-refractivity contribution in [1.82, 2.24) is 15.2 Å². The lowest BCUT2D eigenvalue weighted by Gasteiger charge is -2.15. The van der Waals surface area contributed by atoms with Crippen LogP contribution in [0.5, 0.6) is 5.75 Å². The summed E-state index contributed by atoms with van der Waals surface area (Å²) in [7, 11) is 0. The smallest absolute Gasteiger partial charge is 0.216 e. The second kappa shape index (κ2) is 15.8. The number of nitrogens with zero attached hydrogens (tertiary/aromatic N) is 4. The molecular formula is C27H36BrN5O2. The maximum Gasteiger partial charge on any atom is 0.216 e. The molecule has 1 N–H and O–H groups in total.